The number of phenols is 1. The van der Waals surface area contributed by atoms with Gasteiger partial charge in [0.15, 0.2) is 9.84 Å². The van der Waals surface area contributed by atoms with E-state index in [4.69, 9.17) is 0 Å². The Bertz CT molecular complexity index is 915. The predicted octanol–water partition coefficient (Wildman–Crippen LogP) is 3.62. The second-order valence-corrected chi connectivity index (χ2v) is 9.86. The zero-order chi connectivity index (χ0) is 18.2. The van der Waals surface area contributed by atoms with Gasteiger partial charge >= 0.3 is 0 Å². The molecule has 1 heterocycles. The minimum atomic E-state index is -3.41. The molecule has 2 N–H and O–H groups in total. The van der Waals surface area contributed by atoms with Crippen molar-refractivity contribution in [2.45, 2.75) is 38.0 Å². The summed E-state index contributed by atoms with van der Waals surface area (Å²) in [5, 5.41) is 12.6. The van der Waals surface area contributed by atoms with Gasteiger partial charge in [-0.25, -0.2) is 8.42 Å². The number of phenolic OH excluding ortho intramolecular Hbond substituents is 1. The van der Waals surface area contributed by atoms with Crippen LogP contribution in [-0.4, -0.2) is 25.2 Å². The fourth-order valence-corrected chi connectivity index (χ4v) is 4.99. The average molecular weight is 380 g/mol. The van der Waals surface area contributed by atoms with Crippen molar-refractivity contribution in [1.29, 1.82) is 0 Å². The lowest BCUT2D eigenvalue weighted by Crippen LogP contribution is -2.11. The van der Waals surface area contributed by atoms with Gasteiger partial charge in [0.05, 0.1) is 21.2 Å². The van der Waals surface area contributed by atoms with Gasteiger partial charge in [-0.1, -0.05) is 13.8 Å². The molecule has 0 fully saturated rings. The Morgan fingerprint density at radius 2 is 2.12 bits per heavy atom. The molecule has 0 spiro atoms. The maximum Gasteiger partial charge on any atom is 0.265 e. The van der Waals surface area contributed by atoms with E-state index in [1.54, 1.807) is 6.92 Å². The van der Waals surface area contributed by atoms with Gasteiger partial charge in [-0.3, -0.25) is 4.79 Å². The van der Waals surface area contributed by atoms with Gasteiger partial charge < -0.3 is 10.4 Å². The average Bonchev–Trinajstić information content (AvgIpc) is 2.99. The van der Waals surface area contributed by atoms with E-state index in [1.807, 2.05) is 6.07 Å². The van der Waals surface area contributed by atoms with Crippen LogP contribution in [0.5, 0.6) is 5.75 Å². The normalized spacial score (nSPS) is 17.1. The van der Waals surface area contributed by atoms with Crippen LogP contribution in [-0.2, 0) is 22.7 Å². The molecule has 3 rings (SSSR count). The first-order valence-corrected chi connectivity index (χ1v) is 10.8. The molecule has 1 atom stereocenters. The highest BCUT2D eigenvalue weighted by molar-refractivity contribution is 7.91. The largest absolute Gasteiger partial charge is 0.506 e. The molecule has 0 saturated heterocycles. The van der Waals surface area contributed by atoms with Crippen LogP contribution in [0.2, 0.25) is 0 Å². The summed E-state index contributed by atoms with van der Waals surface area (Å²) >= 11 is 1.47. The van der Waals surface area contributed by atoms with Crippen LogP contribution in [0.1, 0.15) is 40.4 Å². The molecular formula is C18H21NO4S2. The second-order valence-electron chi connectivity index (χ2n) is 6.44. The molecule has 1 aliphatic rings. The molecular weight excluding hydrogens is 358 g/mol. The molecule has 1 aromatic carbocycles. The number of rotatable bonds is 4. The number of sulfone groups is 1. The van der Waals surface area contributed by atoms with Crippen molar-refractivity contribution in [3.8, 4) is 5.75 Å². The third-order valence-corrected chi connectivity index (χ3v) is 7.48. The van der Waals surface area contributed by atoms with Crippen molar-refractivity contribution < 1.29 is 18.3 Å². The molecule has 0 saturated carbocycles. The fourth-order valence-electron chi connectivity index (χ4n) is 2.98. The molecule has 25 heavy (non-hydrogen) atoms. The molecule has 2 aromatic rings. The Kier molecular flexibility index (Phi) is 4.88. The van der Waals surface area contributed by atoms with E-state index in [9.17, 15) is 18.3 Å². The lowest BCUT2D eigenvalue weighted by Gasteiger charge is -2.16. The van der Waals surface area contributed by atoms with Crippen LogP contribution >= 0.6 is 11.3 Å². The lowest BCUT2D eigenvalue weighted by atomic mass is 9.90. The van der Waals surface area contributed by atoms with Crippen LogP contribution in [0.3, 0.4) is 0 Å². The standard InChI is InChI=1S/C18H21NO4S2/c1-3-25(22,23)13-5-6-15(20)14(10-13)19-18(21)17-9-12-8-11(2)4-7-16(12)24-17/h5-6,9-11,20H,3-4,7-8H2,1-2H3,(H,19,21). The van der Waals surface area contributed by atoms with Crippen molar-refractivity contribution in [3.05, 3.63) is 39.6 Å². The highest BCUT2D eigenvalue weighted by Gasteiger charge is 2.22. The third-order valence-electron chi connectivity index (χ3n) is 4.51. The van der Waals surface area contributed by atoms with E-state index < -0.39 is 9.84 Å². The van der Waals surface area contributed by atoms with Crippen LogP contribution < -0.4 is 5.32 Å². The first kappa shape index (κ1) is 17.9. The first-order valence-electron chi connectivity index (χ1n) is 8.29. The number of amides is 1. The summed E-state index contributed by atoms with van der Waals surface area (Å²) in [6, 6.07) is 5.85. The van der Waals surface area contributed by atoms with Gasteiger partial charge in [0.2, 0.25) is 0 Å². The van der Waals surface area contributed by atoms with Crippen LogP contribution in [0.4, 0.5) is 5.69 Å². The number of hydrogen-bond acceptors (Lipinski definition) is 5. The van der Waals surface area contributed by atoms with Gasteiger partial charge in [0.25, 0.3) is 5.91 Å². The maximum absolute atomic E-state index is 12.5. The van der Waals surface area contributed by atoms with Gasteiger partial charge in [-0.15, -0.1) is 11.3 Å². The van der Waals surface area contributed by atoms with Crippen molar-refractivity contribution in [2.24, 2.45) is 5.92 Å². The highest BCUT2D eigenvalue weighted by Crippen LogP contribution is 2.33. The monoisotopic (exact) mass is 379 g/mol. The Morgan fingerprint density at radius 3 is 2.84 bits per heavy atom. The Morgan fingerprint density at radius 1 is 1.36 bits per heavy atom. The van der Waals surface area contributed by atoms with E-state index in [1.165, 1.54) is 40.0 Å². The van der Waals surface area contributed by atoms with Crippen molar-refractivity contribution in [3.63, 3.8) is 0 Å². The van der Waals surface area contributed by atoms with Crippen molar-refractivity contribution in [2.75, 3.05) is 11.1 Å². The minimum absolute atomic E-state index is 0.0407. The Balaban J connectivity index is 1.85. The number of benzene rings is 1. The summed E-state index contributed by atoms with van der Waals surface area (Å²) in [6.45, 7) is 3.76. The molecule has 1 aromatic heterocycles. The van der Waals surface area contributed by atoms with E-state index >= 15 is 0 Å². The predicted molar refractivity (Wildman–Crippen MR) is 99.3 cm³/mol. The van der Waals surface area contributed by atoms with Crippen molar-refractivity contribution in [1.82, 2.24) is 0 Å². The van der Waals surface area contributed by atoms with Gasteiger partial charge in [0.1, 0.15) is 5.75 Å². The quantitative estimate of drug-likeness (QED) is 0.795. The molecule has 1 unspecified atom stereocenters. The number of fused-ring (bicyclic) bond motifs is 1. The summed E-state index contributed by atoms with van der Waals surface area (Å²) in [5.41, 5.74) is 1.33. The molecule has 7 heteroatoms. The minimum Gasteiger partial charge on any atom is -0.506 e. The molecule has 1 amide bonds. The molecule has 1 aliphatic carbocycles. The number of nitrogens with one attached hydrogen (secondary N) is 1. The summed E-state index contributed by atoms with van der Waals surface area (Å²) in [4.78, 5) is 14.5. The van der Waals surface area contributed by atoms with E-state index in [2.05, 4.69) is 12.2 Å². The van der Waals surface area contributed by atoms with E-state index in [0.29, 0.717) is 10.8 Å². The SMILES string of the molecule is CCS(=O)(=O)c1ccc(O)c(NC(=O)c2cc3c(s2)CCC(C)C3)c1. The smallest absolute Gasteiger partial charge is 0.265 e. The third kappa shape index (κ3) is 3.72. The summed E-state index contributed by atoms with van der Waals surface area (Å²) in [6.07, 6.45) is 3.10. The van der Waals surface area contributed by atoms with Crippen molar-refractivity contribution >= 4 is 32.8 Å². The summed E-state index contributed by atoms with van der Waals surface area (Å²) in [7, 11) is -3.41. The number of thiophene rings is 1. The van der Waals surface area contributed by atoms with Crippen LogP contribution in [0.15, 0.2) is 29.2 Å². The number of hydrogen-bond donors (Lipinski definition) is 2. The highest BCUT2D eigenvalue weighted by atomic mass is 32.2. The topological polar surface area (TPSA) is 83.5 Å². The zero-order valence-electron chi connectivity index (χ0n) is 14.2. The van der Waals surface area contributed by atoms with Gasteiger partial charge in [0, 0.05) is 4.88 Å². The molecule has 0 aliphatic heterocycles. The molecule has 0 radical (unpaired) electrons. The number of aromatic hydroxyl groups is 1. The molecule has 5 nitrogen and oxygen atoms in total. The fraction of sp³-hybridized carbons (Fsp3) is 0.389. The second kappa shape index (κ2) is 6.80. The van der Waals surface area contributed by atoms with Gasteiger partial charge in [-0.2, -0.15) is 0 Å². The van der Waals surface area contributed by atoms with Crippen LogP contribution in [0.25, 0.3) is 0 Å². The maximum atomic E-state index is 12.5. The van der Waals surface area contributed by atoms with E-state index in [0.717, 1.165) is 19.3 Å². The van der Waals surface area contributed by atoms with Gasteiger partial charge in [-0.05, 0) is 55.0 Å². The Hall–Kier alpha value is -1.86. The zero-order valence-corrected chi connectivity index (χ0v) is 15.8. The molecule has 134 valence electrons. The number of carbonyl (C=O) groups excluding carboxylic acids is 1. The summed E-state index contributed by atoms with van der Waals surface area (Å²) in [5.74, 6) is 0.103. The number of carbonyl (C=O) groups is 1. The lowest BCUT2D eigenvalue weighted by molar-refractivity contribution is 0.103. The van der Waals surface area contributed by atoms with Crippen LogP contribution in [0, 0.1) is 5.92 Å². The summed E-state index contributed by atoms with van der Waals surface area (Å²) < 4.78 is 24.0. The Labute approximate surface area is 151 Å². The molecule has 0 bridgehead atoms. The van der Waals surface area contributed by atoms with E-state index in [-0.39, 0.29) is 28.0 Å². The number of anilines is 1. The number of aryl methyl sites for hydroxylation is 1. The first-order chi connectivity index (χ1) is 11.8.